The van der Waals surface area contributed by atoms with Crippen LogP contribution in [0.25, 0.3) is 0 Å². The van der Waals surface area contributed by atoms with Gasteiger partial charge in [-0.3, -0.25) is 4.68 Å². The first-order chi connectivity index (χ1) is 6.40. The number of halogens is 1. The Labute approximate surface area is 88.4 Å². The van der Waals surface area contributed by atoms with Crippen LogP contribution in [-0.4, -0.2) is 27.6 Å². The second-order valence-corrected chi connectivity index (χ2v) is 4.12. The predicted octanol–water partition coefficient (Wildman–Crippen LogP) is 1.53. The molecule has 5 heteroatoms. The maximum atomic E-state index is 10.0. The molecule has 0 aliphatic carbocycles. The second kappa shape index (κ2) is 3.88. The fourth-order valence-corrected chi connectivity index (χ4v) is 1.44. The molecule has 1 atom stereocenters. The summed E-state index contributed by atoms with van der Waals surface area (Å²) in [6.07, 6.45) is 0.707. The molecule has 0 bridgehead atoms. The van der Waals surface area contributed by atoms with Crippen LogP contribution in [0, 0.1) is 0 Å². The van der Waals surface area contributed by atoms with Gasteiger partial charge in [-0.15, -0.1) is 0 Å². The standard InChI is InChI=1S/C9H15ClN2O2/c1-9(2,14-4)8(13)7-6(10)5-11-12(7)3/h5,8,13H,1-4H3. The predicted molar refractivity (Wildman–Crippen MR) is 54.3 cm³/mol. The molecule has 0 saturated carbocycles. The smallest absolute Gasteiger partial charge is 0.125 e. The number of aryl methyl sites for hydroxylation is 1. The maximum Gasteiger partial charge on any atom is 0.125 e. The van der Waals surface area contributed by atoms with Crippen LogP contribution in [0.15, 0.2) is 6.20 Å². The molecule has 0 fully saturated rings. The Bertz CT molecular complexity index is 303. The highest BCUT2D eigenvalue weighted by Gasteiger charge is 2.32. The minimum absolute atomic E-state index is 0.449. The number of aliphatic hydroxyl groups is 1. The summed E-state index contributed by atoms with van der Waals surface area (Å²) in [5, 5.41) is 14.4. The summed E-state index contributed by atoms with van der Waals surface area (Å²) in [5.74, 6) is 0. The van der Waals surface area contributed by atoms with E-state index in [4.69, 9.17) is 16.3 Å². The van der Waals surface area contributed by atoms with Crippen LogP contribution >= 0.6 is 11.6 Å². The Morgan fingerprint density at radius 3 is 2.57 bits per heavy atom. The van der Waals surface area contributed by atoms with Crippen molar-refractivity contribution in [2.45, 2.75) is 25.6 Å². The molecular formula is C9H15ClN2O2. The Morgan fingerprint density at radius 2 is 2.21 bits per heavy atom. The van der Waals surface area contributed by atoms with E-state index >= 15 is 0 Å². The molecule has 0 aliphatic heterocycles. The number of methoxy groups -OCH3 is 1. The fourth-order valence-electron chi connectivity index (χ4n) is 1.17. The van der Waals surface area contributed by atoms with Crippen molar-refractivity contribution in [1.29, 1.82) is 0 Å². The third kappa shape index (κ3) is 1.92. The normalized spacial score (nSPS) is 14.4. The van der Waals surface area contributed by atoms with E-state index in [0.29, 0.717) is 10.7 Å². The van der Waals surface area contributed by atoms with Crippen molar-refractivity contribution >= 4 is 11.6 Å². The van der Waals surface area contributed by atoms with Gasteiger partial charge >= 0.3 is 0 Å². The zero-order valence-corrected chi connectivity index (χ0v) is 9.54. The molecule has 1 heterocycles. The zero-order valence-electron chi connectivity index (χ0n) is 8.78. The summed E-state index contributed by atoms with van der Waals surface area (Å²) < 4.78 is 6.73. The molecule has 0 amide bonds. The summed E-state index contributed by atoms with van der Waals surface area (Å²) in [7, 11) is 3.28. The van der Waals surface area contributed by atoms with E-state index in [1.807, 2.05) is 0 Å². The van der Waals surface area contributed by atoms with Crippen molar-refractivity contribution in [1.82, 2.24) is 9.78 Å². The lowest BCUT2D eigenvalue weighted by Gasteiger charge is -2.29. The lowest BCUT2D eigenvalue weighted by molar-refractivity contribution is -0.0823. The molecule has 1 aromatic heterocycles. The van der Waals surface area contributed by atoms with Crippen molar-refractivity contribution in [3.63, 3.8) is 0 Å². The van der Waals surface area contributed by atoms with Gasteiger partial charge in [0.1, 0.15) is 6.10 Å². The molecule has 4 nitrogen and oxygen atoms in total. The van der Waals surface area contributed by atoms with Crippen LogP contribution in [0.4, 0.5) is 0 Å². The first kappa shape index (κ1) is 11.5. The van der Waals surface area contributed by atoms with E-state index in [1.54, 1.807) is 32.7 Å². The van der Waals surface area contributed by atoms with Gasteiger partial charge in [0.05, 0.1) is 22.5 Å². The minimum Gasteiger partial charge on any atom is -0.384 e. The van der Waals surface area contributed by atoms with Crippen LogP contribution in [0.5, 0.6) is 0 Å². The molecule has 0 aromatic carbocycles. The summed E-state index contributed by atoms with van der Waals surface area (Å²) >= 11 is 5.90. The van der Waals surface area contributed by atoms with E-state index in [1.165, 1.54) is 6.20 Å². The fraction of sp³-hybridized carbons (Fsp3) is 0.667. The number of nitrogens with zero attached hydrogens (tertiary/aromatic N) is 2. The highest BCUT2D eigenvalue weighted by Crippen LogP contribution is 2.31. The van der Waals surface area contributed by atoms with Gasteiger partial charge in [0.25, 0.3) is 0 Å². The number of aliphatic hydroxyl groups excluding tert-OH is 1. The van der Waals surface area contributed by atoms with E-state index in [2.05, 4.69) is 5.10 Å². The summed E-state index contributed by atoms with van der Waals surface area (Å²) in [5.41, 5.74) is -0.115. The lowest BCUT2D eigenvalue weighted by Crippen LogP contribution is -2.32. The Balaban J connectivity index is 3.06. The van der Waals surface area contributed by atoms with Crippen molar-refractivity contribution < 1.29 is 9.84 Å². The molecule has 80 valence electrons. The Morgan fingerprint density at radius 1 is 1.64 bits per heavy atom. The largest absolute Gasteiger partial charge is 0.384 e. The van der Waals surface area contributed by atoms with Gasteiger partial charge < -0.3 is 9.84 Å². The number of hydrogen-bond acceptors (Lipinski definition) is 3. The van der Waals surface area contributed by atoms with Gasteiger partial charge in [-0.05, 0) is 13.8 Å². The molecule has 1 rings (SSSR count). The zero-order chi connectivity index (χ0) is 10.9. The van der Waals surface area contributed by atoms with E-state index in [-0.39, 0.29) is 0 Å². The van der Waals surface area contributed by atoms with E-state index in [9.17, 15) is 5.11 Å². The summed E-state index contributed by atoms with van der Waals surface area (Å²) in [4.78, 5) is 0. The third-order valence-electron chi connectivity index (χ3n) is 2.38. The van der Waals surface area contributed by atoms with Crippen LogP contribution in [0.1, 0.15) is 25.6 Å². The van der Waals surface area contributed by atoms with Crippen molar-refractivity contribution in [2.75, 3.05) is 7.11 Å². The monoisotopic (exact) mass is 218 g/mol. The van der Waals surface area contributed by atoms with Crippen molar-refractivity contribution in [3.05, 3.63) is 16.9 Å². The molecule has 0 saturated heterocycles. The molecular weight excluding hydrogens is 204 g/mol. The number of aromatic nitrogens is 2. The molecule has 1 unspecified atom stereocenters. The topological polar surface area (TPSA) is 47.3 Å². The van der Waals surface area contributed by atoms with Crippen LogP contribution in [0.2, 0.25) is 5.02 Å². The molecule has 0 radical (unpaired) electrons. The SMILES string of the molecule is COC(C)(C)C(O)c1c(Cl)cnn1C. The Hall–Kier alpha value is -0.580. The molecule has 14 heavy (non-hydrogen) atoms. The van der Waals surface area contributed by atoms with Gasteiger partial charge in [0.15, 0.2) is 0 Å². The Kier molecular flexibility index (Phi) is 3.19. The van der Waals surface area contributed by atoms with E-state index in [0.717, 1.165) is 0 Å². The first-order valence-corrected chi connectivity index (χ1v) is 4.68. The first-order valence-electron chi connectivity index (χ1n) is 4.30. The van der Waals surface area contributed by atoms with Gasteiger partial charge in [0.2, 0.25) is 0 Å². The second-order valence-electron chi connectivity index (χ2n) is 3.71. The molecule has 1 N–H and O–H groups in total. The highest BCUT2D eigenvalue weighted by molar-refractivity contribution is 6.31. The van der Waals surface area contributed by atoms with Gasteiger partial charge in [-0.1, -0.05) is 11.6 Å². The minimum atomic E-state index is -0.799. The molecule has 0 aliphatic rings. The van der Waals surface area contributed by atoms with Gasteiger partial charge in [-0.25, -0.2) is 0 Å². The summed E-state index contributed by atoms with van der Waals surface area (Å²) in [6, 6.07) is 0. The average Bonchev–Trinajstić information content (AvgIpc) is 2.45. The van der Waals surface area contributed by atoms with Gasteiger partial charge in [0, 0.05) is 14.2 Å². The summed E-state index contributed by atoms with van der Waals surface area (Å²) in [6.45, 7) is 3.59. The van der Waals surface area contributed by atoms with E-state index < -0.39 is 11.7 Å². The molecule has 0 spiro atoms. The van der Waals surface area contributed by atoms with Crippen molar-refractivity contribution in [3.8, 4) is 0 Å². The lowest BCUT2D eigenvalue weighted by atomic mass is 9.99. The third-order valence-corrected chi connectivity index (χ3v) is 2.67. The van der Waals surface area contributed by atoms with Gasteiger partial charge in [-0.2, -0.15) is 5.10 Å². The van der Waals surface area contributed by atoms with Crippen molar-refractivity contribution in [2.24, 2.45) is 7.05 Å². The van der Waals surface area contributed by atoms with Crippen LogP contribution in [-0.2, 0) is 11.8 Å². The van der Waals surface area contributed by atoms with Crippen LogP contribution < -0.4 is 0 Å². The quantitative estimate of drug-likeness (QED) is 0.837. The number of hydrogen-bond donors (Lipinski definition) is 1. The number of ether oxygens (including phenoxy) is 1. The average molecular weight is 219 g/mol. The number of rotatable bonds is 3. The molecule has 1 aromatic rings. The van der Waals surface area contributed by atoms with Crippen LogP contribution in [0.3, 0.4) is 0 Å². The highest BCUT2D eigenvalue weighted by atomic mass is 35.5. The maximum absolute atomic E-state index is 10.0.